The normalized spacial score (nSPS) is 0. The first-order valence-corrected chi connectivity index (χ1v) is 0. The van der Waals surface area contributed by atoms with Crippen molar-refractivity contribution in [3.8, 4) is 0 Å². The summed E-state index contributed by atoms with van der Waals surface area (Å²) >= 11 is 0. The Bertz CT molecular complexity index is 6.85. The van der Waals surface area contributed by atoms with Gasteiger partial charge in [0.2, 0.25) is 0 Å². The first-order chi connectivity index (χ1) is 0. The van der Waals surface area contributed by atoms with Crippen LogP contribution in [0.5, 0.6) is 0 Å². The van der Waals surface area contributed by atoms with Crippen LogP contribution in [0.1, 0.15) is 0 Å². The Kier molecular flexibility index (Phi) is 301. The van der Waals surface area contributed by atoms with E-state index in [0.29, 0.717) is 0 Å². The molecule has 0 saturated heterocycles. The molecule has 0 fully saturated rings. The molecular formula is LaO3Yb. The van der Waals surface area contributed by atoms with Crippen LogP contribution < -0.4 is 0 Å². The van der Waals surface area contributed by atoms with Crippen molar-refractivity contribution < 1.29 is 99.0 Å². The van der Waals surface area contributed by atoms with E-state index in [4.69, 9.17) is 0 Å². The maximum atomic E-state index is 0. The molecule has 0 N–H and O–H groups in total. The molecule has 1 radical (unpaired) electrons. The summed E-state index contributed by atoms with van der Waals surface area (Å²) in [6.07, 6.45) is 0. The van der Waals surface area contributed by atoms with Crippen LogP contribution in [0.25, 0.3) is 0 Å². The maximum Gasteiger partial charge on any atom is 3.00 e. The summed E-state index contributed by atoms with van der Waals surface area (Å²) in [4.78, 5) is 0. The molecule has 0 aromatic rings. The van der Waals surface area contributed by atoms with Crippen LogP contribution in [0.15, 0.2) is 0 Å². The van der Waals surface area contributed by atoms with Gasteiger partial charge in [0.25, 0.3) is 0 Å². The Labute approximate surface area is 96.7 Å². The second kappa shape index (κ2) is 30.7. The molecule has 3 nitrogen and oxygen atoms in total. The van der Waals surface area contributed by atoms with Gasteiger partial charge in [-0.3, -0.25) is 0 Å². The first-order valence-electron chi connectivity index (χ1n) is 0. The summed E-state index contributed by atoms with van der Waals surface area (Å²) in [6, 6.07) is 0. The zero-order valence-electron chi connectivity index (χ0n) is 2.07. The van der Waals surface area contributed by atoms with Crippen molar-refractivity contribution in [2.45, 2.75) is 0 Å². The minimum absolute atomic E-state index is 0. The summed E-state index contributed by atoms with van der Waals surface area (Å²) in [5.74, 6) is 0. The van der Waals surface area contributed by atoms with Crippen molar-refractivity contribution in [1.29, 1.82) is 0 Å². The number of rotatable bonds is 0. The fraction of sp³-hybridized carbons (Fsp3) is 0. The fourth-order valence-electron chi connectivity index (χ4n) is 0. The summed E-state index contributed by atoms with van der Waals surface area (Å²) in [6.45, 7) is 0. The van der Waals surface area contributed by atoms with Crippen LogP contribution >= 0.6 is 0 Å². The standard InChI is InChI=1S/La.3O.Yb/q+3;3*-2;+3. The Morgan fingerprint density at radius 2 is 0.600 bits per heavy atom. The quantitative estimate of drug-likeness (QED) is 0.566. The third kappa shape index (κ3) is 20.7. The van der Waals surface area contributed by atoms with Gasteiger partial charge in [-0.05, 0) is 0 Å². The molecule has 0 aromatic heterocycles. The second-order valence-electron chi connectivity index (χ2n) is 0. The van der Waals surface area contributed by atoms with Crippen molar-refractivity contribution in [1.82, 2.24) is 0 Å². The van der Waals surface area contributed by atoms with Crippen LogP contribution in [0, 0.1) is 82.5 Å². The van der Waals surface area contributed by atoms with Gasteiger partial charge in [0.05, 0.1) is 0 Å². The van der Waals surface area contributed by atoms with E-state index in [1.54, 1.807) is 0 Å². The smallest absolute Gasteiger partial charge is 2.00 e. The molecule has 0 aliphatic heterocycles. The molecule has 0 unspecified atom stereocenters. The van der Waals surface area contributed by atoms with Crippen molar-refractivity contribution in [3.63, 3.8) is 0 Å². The van der Waals surface area contributed by atoms with Gasteiger partial charge in [-0.15, -0.1) is 0 Å². The molecule has 0 aliphatic carbocycles. The average Bonchev–Trinajstić information content (AvgIpc) is 0. The molecule has 0 aromatic carbocycles. The van der Waals surface area contributed by atoms with Gasteiger partial charge in [0, 0.05) is 0 Å². The van der Waals surface area contributed by atoms with Crippen LogP contribution in [0.3, 0.4) is 0 Å². The SMILES string of the molecule is [La+3].[O-2].[O-2].[O-2].[Yb+3]. The zero-order chi connectivity index (χ0) is 0. The Morgan fingerprint density at radius 1 is 0.600 bits per heavy atom. The molecule has 35 valence electrons. The molecule has 0 saturated carbocycles. The summed E-state index contributed by atoms with van der Waals surface area (Å²) in [7, 11) is 0. The molecule has 0 heterocycles. The summed E-state index contributed by atoms with van der Waals surface area (Å²) < 4.78 is 0. The molecule has 0 bridgehead atoms. The van der Waals surface area contributed by atoms with Gasteiger partial charge in [0.1, 0.15) is 0 Å². The molecular weight excluding hydrogens is 360 g/mol. The predicted octanol–water partition coefficient (Wildman–Crippen LogP) is -0.356. The van der Waals surface area contributed by atoms with Crippen molar-refractivity contribution in [3.05, 3.63) is 0 Å². The third-order valence-corrected chi connectivity index (χ3v) is 0. The number of hydrogen-bond donors (Lipinski definition) is 0. The van der Waals surface area contributed by atoms with Crippen LogP contribution in [-0.2, 0) is 16.4 Å². The zero-order valence-corrected chi connectivity index (χ0v) is 7.41. The van der Waals surface area contributed by atoms with Crippen LogP contribution in [0.4, 0.5) is 0 Å². The Morgan fingerprint density at radius 3 is 0.600 bits per heavy atom. The molecule has 5 heavy (non-hydrogen) atoms. The van der Waals surface area contributed by atoms with Crippen molar-refractivity contribution in [2.24, 2.45) is 0 Å². The summed E-state index contributed by atoms with van der Waals surface area (Å²) in [5.41, 5.74) is 0. The van der Waals surface area contributed by atoms with Gasteiger partial charge >= 0.3 is 82.5 Å². The second-order valence-corrected chi connectivity index (χ2v) is 0. The van der Waals surface area contributed by atoms with Crippen LogP contribution in [0.2, 0.25) is 0 Å². The molecule has 0 spiro atoms. The average molecular weight is 360 g/mol. The van der Waals surface area contributed by atoms with Gasteiger partial charge in [0.15, 0.2) is 0 Å². The molecule has 5 heteroatoms. The topological polar surface area (TPSA) is 85.5 Å². The monoisotopic (exact) mass is 361 g/mol. The van der Waals surface area contributed by atoms with E-state index in [9.17, 15) is 0 Å². The van der Waals surface area contributed by atoms with Crippen molar-refractivity contribution in [2.75, 3.05) is 0 Å². The maximum absolute atomic E-state index is 0. The number of hydrogen-bond acceptors (Lipinski definition) is 0. The molecule has 0 aliphatic rings. The van der Waals surface area contributed by atoms with E-state index in [-0.39, 0.29) is 99.0 Å². The first kappa shape index (κ1) is 49.1. The van der Waals surface area contributed by atoms with Gasteiger partial charge in [-0.2, -0.15) is 0 Å². The van der Waals surface area contributed by atoms with E-state index in [1.807, 2.05) is 0 Å². The minimum Gasteiger partial charge on any atom is -2.00 e. The third-order valence-electron chi connectivity index (χ3n) is 0. The van der Waals surface area contributed by atoms with E-state index in [1.165, 1.54) is 0 Å². The molecule has 0 rings (SSSR count). The van der Waals surface area contributed by atoms with E-state index in [0.717, 1.165) is 0 Å². The molecule has 0 amide bonds. The van der Waals surface area contributed by atoms with Gasteiger partial charge in [-0.25, -0.2) is 0 Å². The van der Waals surface area contributed by atoms with E-state index in [2.05, 4.69) is 0 Å². The predicted molar refractivity (Wildman–Crippen MR) is 2.06 cm³/mol. The Hall–Kier alpha value is 2.59. The fourth-order valence-corrected chi connectivity index (χ4v) is 0. The van der Waals surface area contributed by atoms with E-state index < -0.39 is 0 Å². The van der Waals surface area contributed by atoms with E-state index >= 15 is 0 Å². The minimum atomic E-state index is 0. The van der Waals surface area contributed by atoms with Crippen LogP contribution in [-0.4, -0.2) is 0 Å². The largest absolute Gasteiger partial charge is 3.00 e. The summed E-state index contributed by atoms with van der Waals surface area (Å²) in [5, 5.41) is 0. The molecule has 0 atom stereocenters. The van der Waals surface area contributed by atoms with Gasteiger partial charge in [-0.1, -0.05) is 0 Å². The van der Waals surface area contributed by atoms with Gasteiger partial charge < -0.3 is 16.4 Å². The Balaban J connectivity index is 0. The van der Waals surface area contributed by atoms with Crippen molar-refractivity contribution >= 4 is 0 Å².